The zero-order valence-corrected chi connectivity index (χ0v) is 19.3. The van der Waals surface area contributed by atoms with Gasteiger partial charge in [-0.1, -0.05) is 30.0 Å². The fraction of sp³-hybridized carbons (Fsp3) is 0.333. The molecule has 0 saturated carbocycles. The van der Waals surface area contributed by atoms with Crippen molar-refractivity contribution in [1.29, 1.82) is 5.41 Å². The van der Waals surface area contributed by atoms with Crippen molar-refractivity contribution in [2.45, 2.75) is 18.9 Å². The van der Waals surface area contributed by atoms with E-state index in [4.69, 9.17) is 20.0 Å². The van der Waals surface area contributed by atoms with Gasteiger partial charge in [-0.3, -0.25) is 5.41 Å². The molecule has 0 spiro atoms. The van der Waals surface area contributed by atoms with Crippen LogP contribution in [0.5, 0.6) is 11.5 Å². The van der Waals surface area contributed by atoms with Gasteiger partial charge in [0, 0.05) is 11.5 Å². The van der Waals surface area contributed by atoms with Crippen molar-refractivity contribution in [3.63, 3.8) is 0 Å². The number of rotatable bonds is 3. The van der Waals surface area contributed by atoms with Crippen molar-refractivity contribution in [3.8, 4) is 11.5 Å². The fourth-order valence-electron chi connectivity index (χ4n) is 4.01. The van der Waals surface area contributed by atoms with Gasteiger partial charge in [-0.2, -0.15) is 5.10 Å². The molecular weight excluding hydrogens is 485 g/mol. The smallest absolute Gasteiger partial charge is 0.177 e. The number of aryl methyl sites for hydroxylation is 1. The number of methoxy groups -OCH3 is 2. The van der Waals surface area contributed by atoms with Gasteiger partial charge in [-0.25, -0.2) is 5.01 Å². The zero-order valence-electron chi connectivity index (χ0n) is 16.1. The SMILES string of the molecule is COc1ccc([C@H]2[C@@H]3CCc4ccc(OC)cc4C3=NN2C(=N)SC)cc1.I. The summed E-state index contributed by atoms with van der Waals surface area (Å²) in [6, 6.07) is 14.4. The lowest BCUT2D eigenvalue weighted by Crippen LogP contribution is -2.30. The minimum Gasteiger partial charge on any atom is -0.497 e. The Kier molecular flexibility index (Phi) is 6.54. The molecule has 5 nitrogen and oxygen atoms in total. The number of ether oxygens (including phenoxy) is 2. The molecule has 2 atom stereocenters. The highest BCUT2D eigenvalue weighted by Crippen LogP contribution is 2.44. The lowest BCUT2D eigenvalue weighted by atomic mass is 9.77. The van der Waals surface area contributed by atoms with Gasteiger partial charge in [0.15, 0.2) is 5.17 Å². The maximum Gasteiger partial charge on any atom is 0.177 e. The molecule has 0 amide bonds. The number of fused-ring (bicyclic) bond motifs is 3. The molecule has 1 aliphatic heterocycles. The number of nitrogens with zero attached hydrogens (tertiary/aromatic N) is 2. The first-order chi connectivity index (χ1) is 13.2. The molecule has 4 rings (SSSR count). The van der Waals surface area contributed by atoms with Crippen LogP contribution in [0.1, 0.15) is 29.2 Å². The fourth-order valence-corrected chi connectivity index (χ4v) is 4.35. The summed E-state index contributed by atoms with van der Waals surface area (Å²) in [5.41, 5.74) is 4.68. The molecule has 2 aliphatic rings. The van der Waals surface area contributed by atoms with Gasteiger partial charge < -0.3 is 9.47 Å². The number of halogens is 1. The molecule has 1 aliphatic carbocycles. The Balaban J connectivity index is 0.00000225. The minimum atomic E-state index is 0. The Labute approximate surface area is 187 Å². The van der Waals surface area contributed by atoms with Crippen LogP contribution in [0.3, 0.4) is 0 Å². The molecule has 2 aromatic rings. The second kappa shape index (κ2) is 8.73. The maximum absolute atomic E-state index is 8.44. The lowest BCUT2D eigenvalue weighted by molar-refractivity contribution is 0.310. The van der Waals surface area contributed by atoms with E-state index in [9.17, 15) is 0 Å². The van der Waals surface area contributed by atoms with Crippen LogP contribution in [0.25, 0.3) is 0 Å². The Hall–Kier alpha value is -1.74. The van der Waals surface area contributed by atoms with Gasteiger partial charge in [0.25, 0.3) is 0 Å². The average Bonchev–Trinajstić information content (AvgIpc) is 3.12. The average molecular weight is 509 g/mol. The van der Waals surface area contributed by atoms with E-state index in [0.717, 1.165) is 41.2 Å². The molecule has 0 unspecified atom stereocenters. The number of hydrogen-bond donors (Lipinski definition) is 1. The molecule has 1 N–H and O–H groups in total. The van der Waals surface area contributed by atoms with E-state index in [0.29, 0.717) is 5.17 Å². The first-order valence-corrected chi connectivity index (χ1v) is 10.2. The molecule has 0 fully saturated rings. The van der Waals surface area contributed by atoms with Gasteiger partial charge >= 0.3 is 0 Å². The Morgan fingerprint density at radius 1 is 1.11 bits per heavy atom. The zero-order chi connectivity index (χ0) is 19.0. The monoisotopic (exact) mass is 509 g/mol. The normalized spacial score (nSPS) is 19.8. The molecule has 0 bridgehead atoms. The topological polar surface area (TPSA) is 57.9 Å². The van der Waals surface area contributed by atoms with Crippen LogP contribution in [0.15, 0.2) is 47.6 Å². The molecule has 7 heteroatoms. The van der Waals surface area contributed by atoms with Gasteiger partial charge in [0.2, 0.25) is 0 Å². The molecule has 0 saturated heterocycles. The number of hydrogen-bond acceptors (Lipinski definition) is 5. The highest BCUT2D eigenvalue weighted by atomic mass is 127. The molecular formula is C21H24IN3O2S. The summed E-state index contributed by atoms with van der Waals surface area (Å²) in [6.45, 7) is 0. The molecule has 148 valence electrons. The van der Waals surface area contributed by atoms with E-state index in [2.05, 4.69) is 24.3 Å². The predicted octanol–water partition coefficient (Wildman–Crippen LogP) is 4.94. The first kappa shape index (κ1) is 21.0. The van der Waals surface area contributed by atoms with Crippen LogP contribution < -0.4 is 9.47 Å². The highest BCUT2D eigenvalue weighted by molar-refractivity contribution is 14.0. The molecule has 1 heterocycles. The standard InChI is InChI=1S/C21H23N3O2S.HI/c1-25-15-8-5-14(6-9-15)20-17-11-7-13-4-10-16(26-2)12-18(13)19(17)23-24(20)21(22)27-3;/h4-6,8-10,12,17,20,22H,7,11H2,1-3H3;1H/t17-,20+;/m1./s1. The van der Waals surface area contributed by atoms with Gasteiger partial charge in [-0.05, 0) is 54.5 Å². The maximum atomic E-state index is 8.44. The molecule has 0 aromatic heterocycles. The van der Waals surface area contributed by atoms with Crippen molar-refractivity contribution in [2.75, 3.05) is 20.5 Å². The summed E-state index contributed by atoms with van der Waals surface area (Å²) in [5, 5.41) is 15.7. The van der Waals surface area contributed by atoms with E-state index >= 15 is 0 Å². The first-order valence-electron chi connectivity index (χ1n) is 8.97. The quantitative estimate of drug-likeness (QED) is 0.362. The number of nitrogens with one attached hydrogen (secondary N) is 1. The summed E-state index contributed by atoms with van der Waals surface area (Å²) in [5.74, 6) is 1.94. The third kappa shape index (κ3) is 3.61. The number of amidine groups is 1. The van der Waals surface area contributed by atoms with Crippen LogP contribution >= 0.6 is 35.7 Å². The molecule has 28 heavy (non-hydrogen) atoms. The Morgan fingerprint density at radius 2 is 1.79 bits per heavy atom. The van der Waals surface area contributed by atoms with Crippen molar-refractivity contribution in [2.24, 2.45) is 11.0 Å². The highest BCUT2D eigenvalue weighted by Gasteiger charge is 2.43. The second-order valence-electron chi connectivity index (χ2n) is 6.73. The Bertz CT molecular complexity index is 901. The minimum absolute atomic E-state index is 0. The number of thioether (sulfide) groups is 1. The van der Waals surface area contributed by atoms with Gasteiger partial charge in [0.05, 0.1) is 26.0 Å². The third-order valence-corrected chi connectivity index (χ3v) is 5.96. The molecule has 2 aromatic carbocycles. The summed E-state index contributed by atoms with van der Waals surface area (Å²) >= 11 is 1.42. The van der Waals surface area contributed by atoms with Crippen LogP contribution in [0, 0.1) is 11.3 Å². The van der Waals surface area contributed by atoms with Crippen molar-refractivity contribution in [3.05, 3.63) is 59.2 Å². The van der Waals surface area contributed by atoms with E-state index in [1.54, 1.807) is 14.2 Å². The number of benzene rings is 2. The van der Waals surface area contributed by atoms with Crippen molar-refractivity contribution >= 4 is 46.6 Å². The van der Waals surface area contributed by atoms with E-state index in [-0.39, 0.29) is 35.9 Å². The van der Waals surface area contributed by atoms with Crippen LogP contribution in [0.2, 0.25) is 0 Å². The van der Waals surface area contributed by atoms with Gasteiger partial charge in [0.1, 0.15) is 11.5 Å². The second-order valence-corrected chi connectivity index (χ2v) is 7.52. The van der Waals surface area contributed by atoms with Crippen molar-refractivity contribution in [1.82, 2.24) is 5.01 Å². The largest absolute Gasteiger partial charge is 0.497 e. The summed E-state index contributed by atoms with van der Waals surface area (Å²) < 4.78 is 10.7. The van der Waals surface area contributed by atoms with Crippen LogP contribution in [0.4, 0.5) is 0 Å². The van der Waals surface area contributed by atoms with Crippen LogP contribution in [-0.2, 0) is 6.42 Å². The summed E-state index contributed by atoms with van der Waals surface area (Å²) in [7, 11) is 3.36. The van der Waals surface area contributed by atoms with E-state index in [1.807, 2.05) is 29.5 Å². The lowest BCUT2D eigenvalue weighted by Gasteiger charge is -2.30. The van der Waals surface area contributed by atoms with Crippen LogP contribution in [-0.4, -0.2) is 36.4 Å². The van der Waals surface area contributed by atoms with E-state index < -0.39 is 0 Å². The number of hydrazone groups is 1. The van der Waals surface area contributed by atoms with Gasteiger partial charge in [-0.15, -0.1) is 24.0 Å². The predicted molar refractivity (Wildman–Crippen MR) is 126 cm³/mol. The van der Waals surface area contributed by atoms with Crippen molar-refractivity contribution < 1.29 is 9.47 Å². The summed E-state index contributed by atoms with van der Waals surface area (Å²) in [4.78, 5) is 0. The molecule has 0 radical (unpaired) electrons. The Morgan fingerprint density at radius 3 is 2.43 bits per heavy atom. The third-order valence-electron chi connectivity index (χ3n) is 5.39. The van der Waals surface area contributed by atoms with E-state index in [1.165, 1.54) is 17.3 Å². The summed E-state index contributed by atoms with van der Waals surface area (Å²) in [6.07, 6.45) is 3.95.